The SMILES string of the molecule is O=C(NCc1ccnc(-n2cccn2)c1)C1(c2ccc(F)cc2)CCOCC1. The maximum absolute atomic E-state index is 13.4. The van der Waals surface area contributed by atoms with Crippen molar-refractivity contribution in [3.8, 4) is 5.82 Å². The van der Waals surface area contributed by atoms with Gasteiger partial charge in [-0.2, -0.15) is 5.10 Å². The lowest BCUT2D eigenvalue weighted by molar-refractivity contribution is -0.130. The summed E-state index contributed by atoms with van der Waals surface area (Å²) in [6, 6.07) is 11.8. The fourth-order valence-corrected chi connectivity index (χ4v) is 3.59. The first kappa shape index (κ1) is 18.3. The number of aromatic nitrogens is 3. The van der Waals surface area contributed by atoms with Crippen LogP contribution < -0.4 is 5.32 Å². The highest BCUT2D eigenvalue weighted by Gasteiger charge is 2.41. The van der Waals surface area contributed by atoms with Crippen molar-refractivity contribution in [2.45, 2.75) is 24.8 Å². The van der Waals surface area contributed by atoms with Gasteiger partial charge in [0.1, 0.15) is 5.82 Å². The molecule has 1 aliphatic rings. The van der Waals surface area contributed by atoms with Crippen LogP contribution in [0.3, 0.4) is 0 Å². The molecule has 1 fully saturated rings. The second-order valence-electron chi connectivity index (χ2n) is 6.86. The Morgan fingerprint density at radius 2 is 1.96 bits per heavy atom. The van der Waals surface area contributed by atoms with Gasteiger partial charge >= 0.3 is 0 Å². The van der Waals surface area contributed by atoms with Gasteiger partial charge < -0.3 is 10.1 Å². The number of hydrogen-bond acceptors (Lipinski definition) is 4. The van der Waals surface area contributed by atoms with E-state index < -0.39 is 5.41 Å². The van der Waals surface area contributed by atoms with Crippen molar-refractivity contribution < 1.29 is 13.9 Å². The molecule has 0 aliphatic carbocycles. The van der Waals surface area contributed by atoms with Crippen LogP contribution in [0.2, 0.25) is 0 Å². The number of benzene rings is 1. The van der Waals surface area contributed by atoms with Gasteiger partial charge in [-0.15, -0.1) is 0 Å². The molecule has 1 N–H and O–H groups in total. The molecule has 3 heterocycles. The monoisotopic (exact) mass is 380 g/mol. The fourth-order valence-electron chi connectivity index (χ4n) is 3.59. The minimum atomic E-state index is -0.705. The number of amides is 1. The number of nitrogens with zero attached hydrogens (tertiary/aromatic N) is 3. The summed E-state index contributed by atoms with van der Waals surface area (Å²) in [7, 11) is 0. The zero-order valence-corrected chi connectivity index (χ0v) is 15.3. The molecular formula is C21H21FN4O2. The minimum absolute atomic E-state index is 0.0696. The van der Waals surface area contributed by atoms with E-state index in [2.05, 4.69) is 15.4 Å². The van der Waals surface area contributed by atoms with E-state index in [4.69, 9.17) is 4.74 Å². The number of rotatable bonds is 5. The van der Waals surface area contributed by atoms with Gasteiger partial charge in [-0.05, 0) is 54.3 Å². The topological polar surface area (TPSA) is 69.0 Å². The van der Waals surface area contributed by atoms with E-state index in [0.717, 1.165) is 11.1 Å². The number of carbonyl (C=O) groups excluding carboxylic acids is 1. The highest BCUT2D eigenvalue weighted by molar-refractivity contribution is 5.88. The third kappa shape index (κ3) is 3.66. The van der Waals surface area contributed by atoms with Crippen LogP contribution in [0.4, 0.5) is 4.39 Å². The van der Waals surface area contributed by atoms with E-state index in [1.54, 1.807) is 29.2 Å². The molecule has 0 spiro atoms. The molecule has 0 atom stereocenters. The summed E-state index contributed by atoms with van der Waals surface area (Å²) in [5.74, 6) is 0.310. The van der Waals surface area contributed by atoms with Crippen molar-refractivity contribution in [2.75, 3.05) is 13.2 Å². The first-order valence-corrected chi connectivity index (χ1v) is 9.24. The largest absolute Gasteiger partial charge is 0.381 e. The Labute approximate surface area is 162 Å². The Balaban J connectivity index is 1.52. The molecule has 0 unspecified atom stereocenters. The van der Waals surface area contributed by atoms with E-state index in [-0.39, 0.29) is 11.7 Å². The van der Waals surface area contributed by atoms with E-state index in [1.165, 1.54) is 12.1 Å². The number of pyridine rings is 1. The summed E-state index contributed by atoms with van der Waals surface area (Å²) < 4.78 is 20.5. The van der Waals surface area contributed by atoms with Crippen LogP contribution in [0.5, 0.6) is 0 Å². The van der Waals surface area contributed by atoms with Gasteiger partial charge in [-0.3, -0.25) is 4.79 Å². The molecule has 28 heavy (non-hydrogen) atoms. The predicted molar refractivity (Wildman–Crippen MR) is 101 cm³/mol. The fraction of sp³-hybridized carbons (Fsp3) is 0.286. The van der Waals surface area contributed by atoms with Crippen molar-refractivity contribution in [3.63, 3.8) is 0 Å². The highest BCUT2D eigenvalue weighted by Crippen LogP contribution is 2.35. The number of ether oxygens (including phenoxy) is 1. The van der Waals surface area contributed by atoms with Gasteiger partial charge in [0.2, 0.25) is 5.91 Å². The van der Waals surface area contributed by atoms with Gasteiger partial charge in [0.15, 0.2) is 5.82 Å². The molecule has 1 saturated heterocycles. The van der Waals surface area contributed by atoms with Crippen molar-refractivity contribution >= 4 is 5.91 Å². The van der Waals surface area contributed by atoms with Crippen molar-refractivity contribution in [1.82, 2.24) is 20.1 Å². The quantitative estimate of drug-likeness (QED) is 0.739. The molecule has 4 rings (SSSR count). The molecule has 144 valence electrons. The second-order valence-corrected chi connectivity index (χ2v) is 6.86. The standard InChI is InChI=1S/C21H21FN4O2/c22-18-4-2-17(3-5-18)21(7-12-28-13-8-21)20(27)24-15-16-6-10-23-19(14-16)26-11-1-9-25-26/h1-6,9-11,14H,7-8,12-13,15H2,(H,24,27). The van der Waals surface area contributed by atoms with Crippen LogP contribution in [0.25, 0.3) is 5.82 Å². The van der Waals surface area contributed by atoms with Gasteiger partial charge in [0, 0.05) is 38.3 Å². The number of halogens is 1. The second kappa shape index (κ2) is 7.90. The summed E-state index contributed by atoms with van der Waals surface area (Å²) in [5.41, 5.74) is 1.04. The average Bonchev–Trinajstić information content (AvgIpc) is 3.28. The zero-order chi connectivity index (χ0) is 19.4. The first-order chi connectivity index (χ1) is 13.7. The summed E-state index contributed by atoms with van der Waals surface area (Å²) >= 11 is 0. The molecule has 7 heteroatoms. The van der Waals surface area contributed by atoms with E-state index in [9.17, 15) is 9.18 Å². The predicted octanol–water partition coefficient (Wildman–Crippen LogP) is 2.77. The average molecular weight is 380 g/mol. The van der Waals surface area contributed by atoms with Crippen LogP contribution in [-0.2, 0) is 21.5 Å². The van der Waals surface area contributed by atoms with Crippen LogP contribution in [0, 0.1) is 5.82 Å². The highest BCUT2D eigenvalue weighted by atomic mass is 19.1. The maximum Gasteiger partial charge on any atom is 0.231 e. The van der Waals surface area contributed by atoms with Gasteiger partial charge in [-0.1, -0.05) is 12.1 Å². The van der Waals surface area contributed by atoms with Gasteiger partial charge in [0.05, 0.1) is 5.41 Å². The Hall–Kier alpha value is -3.06. The molecule has 0 bridgehead atoms. The third-order valence-corrected chi connectivity index (χ3v) is 5.18. The molecule has 6 nitrogen and oxygen atoms in total. The number of nitrogens with one attached hydrogen (secondary N) is 1. The zero-order valence-electron chi connectivity index (χ0n) is 15.3. The van der Waals surface area contributed by atoms with Crippen molar-refractivity contribution in [1.29, 1.82) is 0 Å². The van der Waals surface area contributed by atoms with Crippen LogP contribution in [0.15, 0.2) is 61.1 Å². The lowest BCUT2D eigenvalue weighted by Crippen LogP contribution is -2.47. The molecule has 0 radical (unpaired) electrons. The maximum atomic E-state index is 13.4. The molecule has 1 aromatic carbocycles. The first-order valence-electron chi connectivity index (χ1n) is 9.24. The smallest absolute Gasteiger partial charge is 0.231 e. The van der Waals surface area contributed by atoms with E-state index in [0.29, 0.717) is 38.4 Å². The van der Waals surface area contributed by atoms with Crippen LogP contribution in [-0.4, -0.2) is 33.9 Å². The van der Waals surface area contributed by atoms with E-state index in [1.807, 2.05) is 24.4 Å². The Morgan fingerprint density at radius 3 is 2.68 bits per heavy atom. The molecule has 1 amide bonds. The Morgan fingerprint density at radius 1 is 1.18 bits per heavy atom. The van der Waals surface area contributed by atoms with Crippen molar-refractivity contribution in [3.05, 3.63) is 78.0 Å². The summed E-state index contributed by atoms with van der Waals surface area (Å²) in [6.07, 6.45) is 6.34. The third-order valence-electron chi connectivity index (χ3n) is 5.18. The Bertz CT molecular complexity index is 935. The normalized spacial score (nSPS) is 15.9. The molecule has 1 aliphatic heterocycles. The molecular weight excluding hydrogens is 359 g/mol. The Kier molecular flexibility index (Phi) is 5.16. The lowest BCUT2D eigenvalue weighted by Gasteiger charge is -2.36. The lowest BCUT2D eigenvalue weighted by atomic mass is 9.73. The number of hydrogen-bond donors (Lipinski definition) is 1. The minimum Gasteiger partial charge on any atom is -0.381 e. The van der Waals surface area contributed by atoms with Gasteiger partial charge in [0.25, 0.3) is 0 Å². The summed E-state index contributed by atoms with van der Waals surface area (Å²) in [5, 5.41) is 7.23. The summed E-state index contributed by atoms with van der Waals surface area (Å²) in [4.78, 5) is 17.5. The van der Waals surface area contributed by atoms with Crippen LogP contribution >= 0.6 is 0 Å². The van der Waals surface area contributed by atoms with Crippen molar-refractivity contribution in [2.24, 2.45) is 0 Å². The van der Waals surface area contributed by atoms with Gasteiger partial charge in [-0.25, -0.2) is 14.1 Å². The molecule has 2 aromatic heterocycles. The summed E-state index contributed by atoms with van der Waals surface area (Å²) in [6.45, 7) is 1.38. The molecule has 3 aromatic rings. The van der Waals surface area contributed by atoms with E-state index >= 15 is 0 Å². The molecule has 0 saturated carbocycles. The van der Waals surface area contributed by atoms with Crippen LogP contribution in [0.1, 0.15) is 24.0 Å². The number of carbonyl (C=O) groups is 1.